The maximum Gasteiger partial charge on any atom is 0.0941 e. The van der Waals surface area contributed by atoms with Crippen LogP contribution in [0.3, 0.4) is 0 Å². The van der Waals surface area contributed by atoms with Gasteiger partial charge in [-0.3, -0.25) is 4.98 Å². The van der Waals surface area contributed by atoms with E-state index in [1.165, 1.54) is 77.4 Å². The Bertz CT molecular complexity index is 1800. The SMILES string of the molecule is C1=CN(c2ccccc2)CN1CCCCN1C=CN(c2ccc(CCCCCCc3ccc(-c4cc5ccccc5cn4)cc3)cc2)C1. The molecule has 0 atom stereocenters. The Balaban J connectivity index is 0.751. The number of fused-ring (bicyclic) bond motifs is 1. The molecule has 244 valence electrons. The average molecular weight is 634 g/mol. The number of nitrogens with zero attached hydrogens (tertiary/aromatic N) is 5. The van der Waals surface area contributed by atoms with Gasteiger partial charge in [-0.15, -0.1) is 0 Å². The predicted molar refractivity (Wildman–Crippen MR) is 202 cm³/mol. The highest BCUT2D eigenvalue weighted by molar-refractivity contribution is 5.85. The van der Waals surface area contributed by atoms with Gasteiger partial charge in [0.15, 0.2) is 0 Å². The normalized spacial score (nSPS) is 14.2. The molecule has 5 heteroatoms. The van der Waals surface area contributed by atoms with Crippen molar-refractivity contribution in [3.63, 3.8) is 0 Å². The highest BCUT2D eigenvalue weighted by Crippen LogP contribution is 2.24. The van der Waals surface area contributed by atoms with Crippen molar-refractivity contribution in [2.24, 2.45) is 0 Å². The van der Waals surface area contributed by atoms with Gasteiger partial charge >= 0.3 is 0 Å². The largest absolute Gasteiger partial charge is 0.358 e. The number of hydrogen-bond acceptors (Lipinski definition) is 5. The number of unbranched alkanes of at least 4 members (excludes halogenated alkanes) is 4. The third-order valence-electron chi connectivity index (χ3n) is 9.64. The van der Waals surface area contributed by atoms with Crippen LogP contribution in [0.15, 0.2) is 140 Å². The summed E-state index contributed by atoms with van der Waals surface area (Å²) in [7, 11) is 0. The summed E-state index contributed by atoms with van der Waals surface area (Å²) < 4.78 is 0. The second kappa shape index (κ2) is 15.7. The van der Waals surface area contributed by atoms with Crippen LogP contribution in [0.4, 0.5) is 11.4 Å². The minimum Gasteiger partial charge on any atom is -0.358 e. The molecule has 0 bridgehead atoms. The van der Waals surface area contributed by atoms with Crippen LogP contribution >= 0.6 is 0 Å². The van der Waals surface area contributed by atoms with Crippen LogP contribution < -0.4 is 9.80 Å². The van der Waals surface area contributed by atoms with Crippen molar-refractivity contribution in [1.82, 2.24) is 14.8 Å². The zero-order chi connectivity index (χ0) is 32.4. The van der Waals surface area contributed by atoms with E-state index in [2.05, 4.69) is 159 Å². The fourth-order valence-electron chi connectivity index (χ4n) is 6.75. The molecular weight excluding hydrogens is 587 g/mol. The van der Waals surface area contributed by atoms with Gasteiger partial charge in [0.2, 0.25) is 0 Å². The van der Waals surface area contributed by atoms with Gasteiger partial charge in [0, 0.05) is 66.4 Å². The van der Waals surface area contributed by atoms with Gasteiger partial charge in [-0.1, -0.05) is 91.7 Å². The van der Waals surface area contributed by atoms with Gasteiger partial charge in [-0.2, -0.15) is 0 Å². The third kappa shape index (κ3) is 8.27. The van der Waals surface area contributed by atoms with Gasteiger partial charge < -0.3 is 19.6 Å². The first-order valence-corrected chi connectivity index (χ1v) is 17.7. The second-order valence-corrected chi connectivity index (χ2v) is 13.2. The zero-order valence-electron chi connectivity index (χ0n) is 28.0. The molecule has 1 aromatic heterocycles. The van der Waals surface area contributed by atoms with Gasteiger partial charge in [0.05, 0.1) is 19.0 Å². The molecule has 0 saturated carbocycles. The summed E-state index contributed by atoms with van der Waals surface area (Å²) in [6.45, 7) is 4.08. The number of aromatic nitrogens is 1. The lowest BCUT2D eigenvalue weighted by atomic mass is 10.0. The van der Waals surface area contributed by atoms with Crippen LogP contribution in [0.25, 0.3) is 22.0 Å². The van der Waals surface area contributed by atoms with E-state index in [1.807, 2.05) is 6.20 Å². The summed E-state index contributed by atoms with van der Waals surface area (Å²) >= 11 is 0. The Morgan fingerprint density at radius 2 is 1.02 bits per heavy atom. The van der Waals surface area contributed by atoms with Gasteiger partial charge in [0.25, 0.3) is 0 Å². The van der Waals surface area contributed by atoms with Crippen LogP contribution in [0.1, 0.15) is 49.7 Å². The molecule has 0 saturated heterocycles. The van der Waals surface area contributed by atoms with Gasteiger partial charge in [-0.25, -0.2) is 0 Å². The molecule has 2 aliphatic rings. The van der Waals surface area contributed by atoms with Crippen molar-refractivity contribution < 1.29 is 0 Å². The lowest BCUT2D eigenvalue weighted by Crippen LogP contribution is -2.27. The Morgan fingerprint density at radius 3 is 1.65 bits per heavy atom. The van der Waals surface area contributed by atoms with E-state index in [0.29, 0.717) is 0 Å². The molecule has 0 radical (unpaired) electrons. The fourth-order valence-corrected chi connectivity index (χ4v) is 6.75. The molecule has 7 rings (SSSR count). The van der Waals surface area contributed by atoms with Crippen molar-refractivity contribution in [1.29, 1.82) is 0 Å². The third-order valence-corrected chi connectivity index (χ3v) is 9.64. The minimum atomic E-state index is 0.938. The number of anilines is 2. The summed E-state index contributed by atoms with van der Waals surface area (Å²) in [4.78, 5) is 14.2. The molecule has 48 heavy (non-hydrogen) atoms. The molecule has 2 aliphatic heterocycles. The highest BCUT2D eigenvalue weighted by atomic mass is 15.3. The predicted octanol–water partition coefficient (Wildman–Crippen LogP) is 9.83. The molecular formula is C43H47N5. The lowest BCUT2D eigenvalue weighted by molar-refractivity contribution is 0.354. The van der Waals surface area contributed by atoms with E-state index >= 15 is 0 Å². The topological polar surface area (TPSA) is 25.9 Å². The molecule has 0 aliphatic carbocycles. The van der Waals surface area contributed by atoms with Crippen LogP contribution in [-0.4, -0.2) is 41.2 Å². The van der Waals surface area contributed by atoms with Gasteiger partial charge in [0.1, 0.15) is 0 Å². The van der Waals surface area contributed by atoms with E-state index < -0.39 is 0 Å². The van der Waals surface area contributed by atoms with E-state index in [-0.39, 0.29) is 0 Å². The molecule has 3 heterocycles. The standard InChI is InChI=1S/C43H47N5/c1(4-12-36-18-22-38(23-19-36)43-32-39-14-8-9-15-40(39)33-44-43)2-5-13-37-20-24-42(25-21-37)48-31-29-46(35-48)27-11-10-26-45-28-30-47(34-45)41-16-6-3-7-17-41/h3,6-9,14-25,28-33H,1-2,4-5,10-13,26-27,34-35H2. The molecule has 0 fully saturated rings. The minimum absolute atomic E-state index is 0.938. The summed E-state index contributed by atoms with van der Waals surface area (Å²) in [6, 6.07) is 39.4. The van der Waals surface area contributed by atoms with E-state index in [1.54, 1.807) is 0 Å². The van der Waals surface area contributed by atoms with Crippen LogP contribution in [0.2, 0.25) is 0 Å². The van der Waals surface area contributed by atoms with E-state index in [4.69, 9.17) is 0 Å². The number of hydrogen-bond donors (Lipinski definition) is 0. The van der Waals surface area contributed by atoms with E-state index in [0.717, 1.165) is 45.0 Å². The molecule has 5 aromatic rings. The Hall–Kier alpha value is -5.03. The number of benzene rings is 4. The van der Waals surface area contributed by atoms with Crippen LogP contribution in [-0.2, 0) is 12.8 Å². The first-order chi connectivity index (χ1) is 23.8. The summed E-state index contributed by atoms with van der Waals surface area (Å²) in [5, 5.41) is 2.42. The number of pyridine rings is 1. The van der Waals surface area contributed by atoms with Crippen LogP contribution in [0, 0.1) is 0 Å². The molecule has 0 unspecified atom stereocenters. The lowest BCUT2D eigenvalue weighted by Gasteiger charge is -2.23. The first-order valence-electron chi connectivity index (χ1n) is 17.7. The van der Waals surface area contributed by atoms with Crippen LogP contribution in [0.5, 0.6) is 0 Å². The second-order valence-electron chi connectivity index (χ2n) is 13.2. The fraction of sp³-hybridized carbons (Fsp3) is 0.279. The summed E-state index contributed by atoms with van der Waals surface area (Å²) in [5.41, 5.74) is 7.63. The maximum absolute atomic E-state index is 4.68. The number of rotatable bonds is 15. The maximum atomic E-state index is 4.68. The van der Waals surface area contributed by atoms with Crippen molar-refractivity contribution >= 4 is 22.1 Å². The molecule has 0 N–H and O–H groups in total. The van der Waals surface area contributed by atoms with E-state index in [9.17, 15) is 0 Å². The molecule has 5 nitrogen and oxygen atoms in total. The van der Waals surface area contributed by atoms with Gasteiger partial charge in [-0.05, 0) is 85.4 Å². The molecule has 0 amide bonds. The molecule has 0 spiro atoms. The van der Waals surface area contributed by atoms with Crippen molar-refractivity contribution in [3.8, 4) is 11.3 Å². The molecule has 4 aromatic carbocycles. The van der Waals surface area contributed by atoms with Crippen molar-refractivity contribution in [2.45, 2.75) is 51.4 Å². The first kappa shape index (κ1) is 31.6. The smallest absolute Gasteiger partial charge is 0.0941 e. The summed E-state index contributed by atoms with van der Waals surface area (Å²) in [6.07, 6.45) is 20.6. The number of aryl methyl sites for hydroxylation is 2. The Morgan fingerprint density at radius 1 is 0.479 bits per heavy atom. The summed E-state index contributed by atoms with van der Waals surface area (Å²) in [5.74, 6) is 0. The quantitative estimate of drug-likeness (QED) is 0.107. The number of para-hydroxylation sites is 1. The van der Waals surface area contributed by atoms with Crippen molar-refractivity contribution in [3.05, 3.63) is 151 Å². The highest BCUT2D eigenvalue weighted by Gasteiger charge is 2.15. The Kier molecular flexibility index (Phi) is 10.3. The average Bonchev–Trinajstić information content (AvgIpc) is 3.83. The monoisotopic (exact) mass is 633 g/mol. The van der Waals surface area contributed by atoms with Crippen molar-refractivity contribution in [2.75, 3.05) is 36.2 Å². The zero-order valence-corrected chi connectivity index (χ0v) is 28.0. The Labute approximate surface area is 286 Å².